The van der Waals surface area contributed by atoms with Gasteiger partial charge in [0, 0.05) is 25.5 Å². The van der Waals surface area contributed by atoms with Crippen molar-refractivity contribution in [3.63, 3.8) is 0 Å². The summed E-state index contributed by atoms with van der Waals surface area (Å²) in [6.45, 7) is 11.6. The van der Waals surface area contributed by atoms with Crippen LogP contribution >= 0.6 is 0 Å². The van der Waals surface area contributed by atoms with Gasteiger partial charge in [0.05, 0.1) is 13.2 Å². The summed E-state index contributed by atoms with van der Waals surface area (Å²) in [5.74, 6) is -0.860. The standard InChI is InChI=1S/C31H46N2O6/c1-9-10-15-24(37-7)16-13-20-32-29(35)28(31(4,5)6)33-27(34)17-12-11-14-22(2)21-23(3)25-18-19-26(38-8)30(36)39-25/h9-14,17,19-21,23-25,28H,15-16,18H2,1-8H3,(H,32,35)(H,33,34)/b10-9-,14-11-,17-12-,20-13-,22-21+/t23-,24-,25-,28?/m0/s1. The van der Waals surface area contributed by atoms with Crippen molar-refractivity contribution in [2.45, 2.75) is 79.1 Å². The fraction of sp³-hybridized carbons (Fsp3) is 0.516. The largest absolute Gasteiger partial charge is 0.490 e. The van der Waals surface area contributed by atoms with E-state index in [4.69, 9.17) is 14.2 Å². The lowest BCUT2D eigenvalue weighted by molar-refractivity contribution is -0.151. The first-order valence-corrected chi connectivity index (χ1v) is 13.3. The average Bonchev–Trinajstić information content (AvgIpc) is 2.88. The Labute approximate surface area is 233 Å². The highest BCUT2D eigenvalue weighted by Crippen LogP contribution is 2.23. The molecule has 39 heavy (non-hydrogen) atoms. The third kappa shape index (κ3) is 12.8. The molecule has 0 aromatic carbocycles. The second kappa shape index (κ2) is 17.2. The highest BCUT2D eigenvalue weighted by atomic mass is 16.6. The molecule has 1 rings (SSSR count). The normalized spacial score (nSPS) is 19.3. The number of nitrogens with one attached hydrogen (secondary N) is 2. The summed E-state index contributed by atoms with van der Waals surface area (Å²) in [5, 5.41) is 5.57. The van der Waals surface area contributed by atoms with E-state index in [-0.39, 0.29) is 35.7 Å². The highest BCUT2D eigenvalue weighted by Gasteiger charge is 2.32. The number of ether oxygens (including phenoxy) is 3. The van der Waals surface area contributed by atoms with Gasteiger partial charge in [0.15, 0.2) is 5.76 Å². The molecule has 216 valence electrons. The van der Waals surface area contributed by atoms with Crippen molar-refractivity contribution in [1.82, 2.24) is 10.6 Å². The van der Waals surface area contributed by atoms with Gasteiger partial charge in [0.1, 0.15) is 12.1 Å². The van der Waals surface area contributed by atoms with Crippen molar-refractivity contribution in [3.8, 4) is 0 Å². The average molecular weight is 543 g/mol. The molecule has 1 aliphatic rings. The molecule has 1 heterocycles. The van der Waals surface area contributed by atoms with Crippen molar-refractivity contribution in [2.24, 2.45) is 11.3 Å². The van der Waals surface area contributed by atoms with Crippen LogP contribution in [0, 0.1) is 11.3 Å². The second-order valence-electron chi connectivity index (χ2n) is 10.6. The molecule has 0 bridgehead atoms. The molecule has 0 saturated carbocycles. The van der Waals surface area contributed by atoms with Crippen molar-refractivity contribution in [3.05, 3.63) is 72.2 Å². The summed E-state index contributed by atoms with van der Waals surface area (Å²) in [4.78, 5) is 37.2. The van der Waals surface area contributed by atoms with Crippen LogP contribution in [0.4, 0.5) is 0 Å². The summed E-state index contributed by atoms with van der Waals surface area (Å²) in [6.07, 6.45) is 19.7. The van der Waals surface area contributed by atoms with Gasteiger partial charge in [-0.1, -0.05) is 75.8 Å². The van der Waals surface area contributed by atoms with Crippen LogP contribution in [0.3, 0.4) is 0 Å². The molecule has 8 nitrogen and oxygen atoms in total. The number of rotatable bonds is 14. The van der Waals surface area contributed by atoms with E-state index >= 15 is 0 Å². The van der Waals surface area contributed by atoms with E-state index in [0.717, 1.165) is 12.0 Å². The van der Waals surface area contributed by atoms with E-state index in [9.17, 15) is 14.4 Å². The SMILES string of the molecule is C/C=C\C[C@@H](C/C=C\NC(=O)C(NC(=O)\C=C/C=C\C(C)=C\[C@H](C)[C@@H]1CC=C(OC)C(=O)O1)C(C)(C)C)OC. The zero-order valence-electron chi connectivity index (χ0n) is 24.7. The molecule has 0 fully saturated rings. The summed E-state index contributed by atoms with van der Waals surface area (Å²) in [7, 11) is 3.11. The smallest absolute Gasteiger partial charge is 0.373 e. The van der Waals surface area contributed by atoms with E-state index in [2.05, 4.69) is 10.6 Å². The van der Waals surface area contributed by atoms with Gasteiger partial charge in [-0.05, 0) is 44.4 Å². The van der Waals surface area contributed by atoms with E-state index in [1.54, 1.807) is 31.5 Å². The van der Waals surface area contributed by atoms with Crippen LogP contribution in [0.25, 0.3) is 0 Å². The molecule has 2 amide bonds. The van der Waals surface area contributed by atoms with Crippen LogP contribution in [0.1, 0.15) is 60.8 Å². The summed E-state index contributed by atoms with van der Waals surface area (Å²) in [5.41, 5.74) is 0.473. The Bertz CT molecular complexity index is 997. The maximum atomic E-state index is 12.8. The van der Waals surface area contributed by atoms with E-state index in [0.29, 0.717) is 12.8 Å². The lowest BCUT2D eigenvalue weighted by Crippen LogP contribution is -2.52. The summed E-state index contributed by atoms with van der Waals surface area (Å²) in [6, 6.07) is -0.724. The van der Waals surface area contributed by atoms with Crippen molar-refractivity contribution >= 4 is 17.8 Å². The maximum absolute atomic E-state index is 12.8. The lowest BCUT2D eigenvalue weighted by Gasteiger charge is -2.29. The monoisotopic (exact) mass is 542 g/mol. The molecule has 0 radical (unpaired) electrons. The van der Waals surface area contributed by atoms with Crippen molar-refractivity contribution in [2.75, 3.05) is 14.2 Å². The summed E-state index contributed by atoms with van der Waals surface area (Å²) >= 11 is 0. The van der Waals surface area contributed by atoms with Gasteiger partial charge in [-0.3, -0.25) is 9.59 Å². The molecule has 2 N–H and O–H groups in total. The van der Waals surface area contributed by atoms with E-state index in [1.165, 1.54) is 13.2 Å². The zero-order valence-corrected chi connectivity index (χ0v) is 24.7. The Morgan fingerprint density at radius 2 is 1.82 bits per heavy atom. The zero-order chi connectivity index (χ0) is 29.4. The van der Waals surface area contributed by atoms with Crippen LogP contribution in [0.2, 0.25) is 0 Å². The van der Waals surface area contributed by atoms with E-state index in [1.807, 2.05) is 71.9 Å². The maximum Gasteiger partial charge on any atom is 0.373 e. The van der Waals surface area contributed by atoms with Crippen molar-refractivity contribution in [1.29, 1.82) is 0 Å². The third-order valence-electron chi connectivity index (χ3n) is 6.17. The minimum absolute atomic E-state index is 0.00852. The van der Waals surface area contributed by atoms with Crippen LogP contribution in [0.5, 0.6) is 0 Å². The third-order valence-corrected chi connectivity index (χ3v) is 6.17. The van der Waals surface area contributed by atoms with Gasteiger partial charge in [-0.15, -0.1) is 0 Å². The van der Waals surface area contributed by atoms with Gasteiger partial charge in [-0.25, -0.2) is 4.79 Å². The van der Waals surface area contributed by atoms with Gasteiger partial charge in [-0.2, -0.15) is 0 Å². The molecular weight excluding hydrogens is 496 g/mol. The van der Waals surface area contributed by atoms with Gasteiger partial charge in [0.25, 0.3) is 0 Å². The Morgan fingerprint density at radius 1 is 1.15 bits per heavy atom. The molecule has 0 aromatic heterocycles. The molecule has 0 aromatic rings. The van der Waals surface area contributed by atoms with Gasteiger partial charge < -0.3 is 24.8 Å². The summed E-state index contributed by atoms with van der Waals surface area (Å²) < 4.78 is 15.8. The Balaban J connectivity index is 2.66. The predicted octanol–water partition coefficient (Wildman–Crippen LogP) is 5.06. The first kappa shape index (κ1) is 33.6. The number of amides is 2. The number of carbonyl (C=O) groups excluding carboxylic acids is 3. The molecule has 4 atom stereocenters. The first-order chi connectivity index (χ1) is 18.4. The fourth-order valence-electron chi connectivity index (χ4n) is 3.85. The molecule has 1 unspecified atom stereocenters. The molecule has 0 saturated heterocycles. The molecule has 0 spiro atoms. The molecule has 1 aliphatic heterocycles. The minimum atomic E-state index is -0.724. The van der Waals surface area contributed by atoms with Gasteiger partial charge >= 0.3 is 5.97 Å². The number of esters is 1. The Kier molecular flexibility index (Phi) is 14.9. The molecule has 8 heteroatoms. The van der Waals surface area contributed by atoms with Crippen LogP contribution in [0.15, 0.2) is 72.2 Å². The van der Waals surface area contributed by atoms with E-state index < -0.39 is 17.4 Å². The highest BCUT2D eigenvalue weighted by molar-refractivity contribution is 5.93. The number of allylic oxidation sites excluding steroid dienone is 5. The second-order valence-corrected chi connectivity index (χ2v) is 10.6. The van der Waals surface area contributed by atoms with Crippen LogP contribution in [-0.4, -0.2) is 50.3 Å². The predicted molar refractivity (Wildman–Crippen MR) is 154 cm³/mol. The number of hydrogen-bond donors (Lipinski definition) is 2. The lowest BCUT2D eigenvalue weighted by atomic mass is 9.86. The van der Waals surface area contributed by atoms with Crippen molar-refractivity contribution < 1.29 is 28.6 Å². The first-order valence-electron chi connectivity index (χ1n) is 13.3. The topological polar surface area (TPSA) is 103 Å². The number of carbonyl (C=O) groups is 3. The molecule has 0 aliphatic carbocycles. The number of cyclic esters (lactones) is 1. The van der Waals surface area contributed by atoms with Gasteiger partial charge in [0.2, 0.25) is 11.8 Å². The minimum Gasteiger partial charge on any atom is -0.490 e. The van der Waals surface area contributed by atoms with Crippen LogP contribution < -0.4 is 10.6 Å². The van der Waals surface area contributed by atoms with Crippen LogP contribution in [-0.2, 0) is 28.6 Å². The quantitative estimate of drug-likeness (QED) is 0.138. The number of methoxy groups -OCH3 is 2. The molecular formula is C31H46N2O6. The fourth-order valence-corrected chi connectivity index (χ4v) is 3.85. The Hall–Kier alpha value is -3.39. The number of hydrogen-bond acceptors (Lipinski definition) is 6. The Morgan fingerprint density at radius 3 is 2.41 bits per heavy atom.